The molecule has 0 aromatic carbocycles. The van der Waals surface area contributed by atoms with Crippen LogP contribution in [0.3, 0.4) is 0 Å². The number of hydrogen-bond donors (Lipinski definition) is 2. The lowest BCUT2D eigenvalue weighted by Gasteiger charge is -2.16. The number of carboxylic acids is 1. The van der Waals surface area contributed by atoms with Crippen molar-refractivity contribution >= 4 is 23.8 Å². The Kier molecular flexibility index (Phi) is 5.90. The van der Waals surface area contributed by atoms with Crippen molar-refractivity contribution in [2.45, 2.75) is 6.42 Å². The molecule has 0 aromatic rings. The van der Waals surface area contributed by atoms with Crippen molar-refractivity contribution in [1.29, 1.82) is 0 Å². The highest BCUT2D eigenvalue weighted by molar-refractivity contribution is 7.99. The van der Waals surface area contributed by atoms with Crippen LogP contribution in [-0.2, 0) is 4.79 Å². The molecule has 0 aliphatic carbocycles. The first-order valence-electron chi connectivity index (χ1n) is 5.59. The Labute approximate surface area is 105 Å². The molecule has 1 atom stereocenters. The highest BCUT2D eigenvalue weighted by Gasteiger charge is 2.30. The maximum absolute atomic E-state index is 11.6. The van der Waals surface area contributed by atoms with Crippen LogP contribution in [0.25, 0.3) is 0 Å². The van der Waals surface area contributed by atoms with E-state index in [4.69, 9.17) is 5.11 Å². The summed E-state index contributed by atoms with van der Waals surface area (Å²) >= 11 is 1.70. The van der Waals surface area contributed by atoms with E-state index >= 15 is 0 Å². The lowest BCUT2D eigenvalue weighted by molar-refractivity contribution is -0.141. The van der Waals surface area contributed by atoms with Crippen LogP contribution in [0.15, 0.2) is 12.7 Å². The van der Waals surface area contributed by atoms with E-state index in [-0.39, 0.29) is 6.03 Å². The molecule has 0 aromatic heterocycles. The summed E-state index contributed by atoms with van der Waals surface area (Å²) in [5, 5.41) is 11.6. The summed E-state index contributed by atoms with van der Waals surface area (Å²) in [5.74, 6) is 0.493. The van der Waals surface area contributed by atoms with Gasteiger partial charge in [-0.2, -0.15) is 11.8 Å². The number of aliphatic carboxylic acids is 1. The molecule has 2 N–H and O–H groups in total. The number of carbonyl (C=O) groups excluding carboxylic acids is 1. The molecule has 1 saturated heterocycles. The van der Waals surface area contributed by atoms with Crippen molar-refractivity contribution in [3.63, 3.8) is 0 Å². The van der Waals surface area contributed by atoms with E-state index in [1.54, 1.807) is 16.7 Å². The number of nitrogens with one attached hydrogen (secondary N) is 1. The van der Waals surface area contributed by atoms with Crippen LogP contribution in [0, 0.1) is 5.92 Å². The number of carbonyl (C=O) groups is 2. The largest absolute Gasteiger partial charge is 0.481 e. The van der Waals surface area contributed by atoms with Gasteiger partial charge in [0.05, 0.1) is 5.92 Å². The fourth-order valence-corrected chi connectivity index (χ4v) is 2.23. The molecule has 1 aliphatic rings. The number of carboxylic acid groups (broad SMARTS) is 1. The summed E-state index contributed by atoms with van der Waals surface area (Å²) < 4.78 is 0. The molecule has 1 fully saturated rings. The standard InChI is InChI=1S/C11H18N2O3S/c1-2-6-17-7-4-12-11(16)13-5-3-9(8-13)10(14)15/h2,9H,1,3-8H2,(H,12,16)(H,14,15). The van der Waals surface area contributed by atoms with Gasteiger partial charge in [0.2, 0.25) is 0 Å². The molecule has 6 heteroatoms. The lowest BCUT2D eigenvalue weighted by atomic mass is 10.1. The second-order valence-corrected chi connectivity index (χ2v) is 5.02. The minimum Gasteiger partial charge on any atom is -0.481 e. The quantitative estimate of drug-likeness (QED) is 0.551. The summed E-state index contributed by atoms with van der Waals surface area (Å²) in [6.07, 6.45) is 2.37. The molecule has 5 nitrogen and oxygen atoms in total. The molecule has 0 spiro atoms. The van der Waals surface area contributed by atoms with Crippen molar-refractivity contribution in [1.82, 2.24) is 10.2 Å². The van der Waals surface area contributed by atoms with Gasteiger partial charge in [-0.3, -0.25) is 4.79 Å². The van der Waals surface area contributed by atoms with Crippen LogP contribution in [0.5, 0.6) is 0 Å². The predicted molar refractivity (Wildman–Crippen MR) is 68.2 cm³/mol. The van der Waals surface area contributed by atoms with Gasteiger partial charge in [0.25, 0.3) is 0 Å². The van der Waals surface area contributed by atoms with E-state index in [2.05, 4.69) is 11.9 Å². The van der Waals surface area contributed by atoms with E-state index in [0.717, 1.165) is 11.5 Å². The monoisotopic (exact) mass is 258 g/mol. The van der Waals surface area contributed by atoms with Crippen molar-refractivity contribution in [3.8, 4) is 0 Å². The Morgan fingerprint density at radius 3 is 2.94 bits per heavy atom. The van der Waals surface area contributed by atoms with E-state index < -0.39 is 11.9 Å². The minimum absolute atomic E-state index is 0.159. The molecular weight excluding hydrogens is 240 g/mol. The summed E-state index contributed by atoms with van der Waals surface area (Å²) in [7, 11) is 0. The van der Waals surface area contributed by atoms with E-state index in [0.29, 0.717) is 26.1 Å². The Balaban J connectivity index is 2.16. The number of likely N-dealkylation sites (tertiary alicyclic amines) is 1. The van der Waals surface area contributed by atoms with Gasteiger partial charge in [-0.25, -0.2) is 4.79 Å². The SMILES string of the molecule is C=CCSCCNC(=O)N1CCC(C(=O)O)C1. The van der Waals surface area contributed by atoms with E-state index in [1.165, 1.54) is 0 Å². The van der Waals surface area contributed by atoms with Crippen molar-refractivity contribution < 1.29 is 14.7 Å². The molecule has 0 saturated carbocycles. The van der Waals surface area contributed by atoms with Gasteiger partial charge >= 0.3 is 12.0 Å². The zero-order chi connectivity index (χ0) is 12.7. The van der Waals surface area contributed by atoms with Crippen molar-refractivity contribution in [2.24, 2.45) is 5.92 Å². The van der Waals surface area contributed by atoms with Gasteiger partial charge in [0.1, 0.15) is 0 Å². The fraction of sp³-hybridized carbons (Fsp3) is 0.636. The van der Waals surface area contributed by atoms with Gasteiger partial charge < -0.3 is 15.3 Å². The van der Waals surface area contributed by atoms with Crippen molar-refractivity contribution in [3.05, 3.63) is 12.7 Å². The third-order valence-corrected chi connectivity index (χ3v) is 3.55. The first-order valence-corrected chi connectivity index (χ1v) is 6.75. The highest BCUT2D eigenvalue weighted by Crippen LogP contribution is 2.15. The average Bonchev–Trinajstić information content (AvgIpc) is 2.78. The minimum atomic E-state index is -0.818. The molecule has 1 unspecified atom stereocenters. The van der Waals surface area contributed by atoms with Crippen LogP contribution in [0.2, 0.25) is 0 Å². The predicted octanol–water partition coefficient (Wildman–Crippen LogP) is 1.02. The smallest absolute Gasteiger partial charge is 0.317 e. The van der Waals surface area contributed by atoms with Gasteiger partial charge in [-0.05, 0) is 6.42 Å². The fourth-order valence-electron chi connectivity index (χ4n) is 1.65. The summed E-state index contributed by atoms with van der Waals surface area (Å²) in [6, 6.07) is -0.159. The van der Waals surface area contributed by atoms with Crippen LogP contribution < -0.4 is 5.32 Å². The Morgan fingerprint density at radius 2 is 2.35 bits per heavy atom. The van der Waals surface area contributed by atoms with Crippen LogP contribution >= 0.6 is 11.8 Å². The van der Waals surface area contributed by atoms with Crippen molar-refractivity contribution in [2.75, 3.05) is 31.1 Å². The molecule has 96 valence electrons. The first-order chi connectivity index (χ1) is 8.15. The third kappa shape index (κ3) is 4.68. The summed E-state index contributed by atoms with van der Waals surface area (Å²) in [5.41, 5.74) is 0. The number of rotatable bonds is 6. The maximum Gasteiger partial charge on any atom is 0.317 e. The summed E-state index contributed by atoms with van der Waals surface area (Å²) in [4.78, 5) is 23.9. The van der Waals surface area contributed by atoms with Gasteiger partial charge in [0, 0.05) is 31.1 Å². The first kappa shape index (κ1) is 13.9. The number of hydrogen-bond acceptors (Lipinski definition) is 3. The normalized spacial score (nSPS) is 19.1. The molecule has 2 amide bonds. The number of amides is 2. The topological polar surface area (TPSA) is 69.6 Å². The Hall–Kier alpha value is -1.17. The van der Waals surface area contributed by atoms with Gasteiger partial charge in [-0.1, -0.05) is 6.08 Å². The lowest BCUT2D eigenvalue weighted by Crippen LogP contribution is -2.39. The molecular formula is C11H18N2O3S. The molecule has 1 aliphatic heterocycles. The number of thioether (sulfide) groups is 1. The van der Waals surface area contributed by atoms with Gasteiger partial charge in [-0.15, -0.1) is 6.58 Å². The average molecular weight is 258 g/mol. The zero-order valence-electron chi connectivity index (χ0n) is 9.72. The Morgan fingerprint density at radius 1 is 1.59 bits per heavy atom. The summed E-state index contributed by atoms with van der Waals surface area (Å²) in [6.45, 7) is 5.06. The number of nitrogens with zero attached hydrogens (tertiary/aromatic N) is 1. The second kappa shape index (κ2) is 7.21. The highest BCUT2D eigenvalue weighted by atomic mass is 32.2. The number of urea groups is 1. The molecule has 0 bridgehead atoms. The van der Waals surface area contributed by atoms with Crippen LogP contribution in [0.4, 0.5) is 4.79 Å². The molecule has 17 heavy (non-hydrogen) atoms. The van der Waals surface area contributed by atoms with E-state index in [1.807, 2.05) is 6.08 Å². The Bertz CT molecular complexity index is 296. The third-order valence-electron chi connectivity index (χ3n) is 2.58. The van der Waals surface area contributed by atoms with Crippen LogP contribution in [0.1, 0.15) is 6.42 Å². The maximum atomic E-state index is 11.6. The molecule has 0 radical (unpaired) electrons. The van der Waals surface area contributed by atoms with Gasteiger partial charge in [0.15, 0.2) is 0 Å². The molecule has 1 heterocycles. The van der Waals surface area contributed by atoms with Crippen LogP contribution in [-0.4, -0.2) is 53.1 Å². The van der Waals surface area contributed by atoms with E-state index in [9.17, 15) is 9.59 Å². The molecule has 1 rings (SSSR count). The second-order valence-electron chi connectivity index (χ2n) is 3.87. The zero-order valence-corrected chi connectivity index (χ0v) is 10.5.